The van der Waals surface area contributed by atoms with Gasteiger partial charge in [0.1, 0.15) is 10.9 Å². The summed E-state index contributed by atoms with van der Waals surface area (Å²) < 4.78 is 22.2. The molecule has 0 spiro atoms. The Morgan fingerprint density at radius 1 is 1.14 bits per heavy atom. The van der Waals surface area contributed by atoms with E-state index in [1.165, 1.54) is 0 Å². The molecule has 0 radical (unpaired) electrons. The summed E-state index contributed by atoms with van der Waals surface area (Å²) in [6, 6.07) is 14.7. The zero-order valence-electron chi connectivity index (χ0n) is 19.6. The number of halogens is 3. The van der Waals surface area contributed by atoms with Gasteiger partial charge in [0, 0.05) is 23.5 Å². The van der Waals surface area contributed by atoms with Crippen LogP contribution in [0.1, 0.15) is 12.0 Å². The Hall–Kier alpha value is -3.76. The Morgan fingerprint density at radius 3 is 2.62 bits per heavy atom. The fraction of sp³-hybridized carbons (Fsp3) is 0.240. The second-order valence-electron chi connectivity index (χ2n) is 8.40. The molecule has 12 heteroatoms. The molecule has 1 atom stereocenters. The Kier molecular flexibility index (Phi) is 7.47. The van der Waals surface area contributed by atoms with Gasteiger partial charge in [-0.3, -0.25) is 13.8 Å². The zero-order chi connectivity index (χ0) is 25.8. The van der Waals surface area contributed by atoms with E-state index < -0.39 is 12.2 Å². The fourth-order valence-electron chi connectivity index (χ4n) is 3.97. The van der Waals surface area contributed by atoms with Crippen molar-refractivity contribution >= 4 is 46.0 Å². The molecule has 0 saturated carbocycles. The molecule has 0 amide bonds. The maximum absolute atomic E-state index is 13.0. The number of nitrogens with zero attached hydrogens (tertiary/aromatic N) is 4. The average molecular weight is 544 g/mol. The highest BCUT2D eigenvalue weighted by atomic mass is 35.5. The number of hydrogen-bond acceptors (Lipinski definition) is 7. The summed E-state index contributed by atoms with van der Waals surface area (Å²) in [6.45, 7) is 0.769. The topological polar surface area (TPSA) is 98.0 Å². The quantitative estimate of drug-likeness (QED) is 0.270. The van der Waals surface area contributed by atoms with E-state index in [9.17, 15) is 9.18 Å². The highest BCUT2D eigenvalue weighted by molar-refractivity contribution is 6.30. The molecule has 1 aliphatic heterocycles. The molecule has 0 saturated heterocycles. The highest BCUT2D eigenvalue weighted by Crippen LogP contribution is 2.23. The molecular formula is C25H24Cl2FN7O2. The predicted octanol–water partition coefficient (Wildman–Crippen LogP) is 4.33. The third-order valence-electron chi connectivity index (χ3n) is 5.77. The molecule has 0 aliphatic carbocycles. The SMILES string of the molecule is O=c1nc(Nc2ccc(OC3CNC(Cl)=CN3)cc2)n(Cc2ccc(Cl)cc2)c2ncn(CCCF)c12. The number of aromatic nitrogens is 4. The maximum atomic E-state index is 13.0. The van der Waals surface area contributed by atoms with Crippen LogP contribution in [0.15, 0.2) is 71.0 Å². The van der Waals surface area contributed by atoms with E-state index in [0.29, 0.717) is 58.4 Å². The molecule has 0 bridgehead atoms. The minimum absolute atomic E-state index is 0.262. The first-order valence-electron chi connectivity index (χ1n) is 11.7. The van der Waals surface area contributed by atoms with Gasteiger partial charge in [0.05, 0.1) is 26.1 Å². The minimum atomic E-state index is -0.483. The van der Waals surface area contributed by atoms with Crippen LogP contribution in [0.25, 0.3) is 11.2 Å². The molecule has 4 aromatic rings. The summed E-state index contributed by atoms with van der Waals surface area (Å²) >= 11 is 11.9. The molecule has 37 heavy (non-hydrogen) atoms. The van der Waals surface area contributed by atoms with Crippen LogP contribution in [0.5, 0.6) is 5.75 Å². The third-order valence-corrected chi connectivity index (χ3v) is 6.26. The van der Waals surface area contributed by atoms with Gasteiger partial charge in [0.15, 0.2) is 17.4 Å². The summed E-state index contributed by atoms with van der Waals surface area (Å²) in [5, 5.41) is 10.5. The van der Waals surface area contributed by atoms with Crippen LogP contribution in [-0.2, 0) is 13.1 Å². The van der Waals surface area contributed by atoms with Gasteiger partial charge in [-0.1, -0.05) is 35.3 Å². The van der Waals surface area contributed by atoms with Crippen molar-refractivity contribution in [2.75, 3.05) is 18.5 Å². The van der Waals surface area contributed by atoms with Crippen LogP contribution >= 0.6 is 23.2 Å². The first kappa shape index (κ1) is 24.9. The minimum Gasteiger partial charge on any atom is -0.469 e. The summed E-state index contributed by atoms with van der Waals surface area (Å²) in [5.41, 5.74) is 2.00. The molecule has 1 aliphatic rings. The average Bonchev–Trinajstić information content (AvgIpc) is 3.33. The van der Waals surface area contributed by atoms with Crippen LogP contribution in [0.3, 0.4) is 0 Å². The molecule has 192 valence electrons. The van der Waals surface area contributed by atoms with Gasteiger partial charge >= 0.3 is 5.56 Å². The van der Waals surface area contributed by atoms with Gasteiger partial charge in [-0.05, 0) is 48.4 Å². The molecule has 5 rings (SSSR count). The number of anilines is 2. The van der Waals surface area contributed by atoms with Crippen LogP contribution in [-0.4, -0.2) is 38.5 Å². The maximum Gasteiger partial charge on any atom is 0.300 e. The summed E-state index contributed by atoms with van der Waals surface area (Å²) in [4.78, 5) is 21.8. The Morgan fingerprint density at radius 2 is 1.92 bits per heavy atom. The van der Waals surface area contributed by atoms with E-state index in [4.69, 9.17) is 27.9 Å². The van der Waals surface area contributed by atoms with Crippen molar-refractivity contribution in [1.82, 2.24) is 29.7 Å². The largest absolute Gasteiger partial charge is 0.469 e. The summed E-state index contributed by atoms with van der Waals surface area (Å²) in [5.74, 6) is 0.986. The number of alkyl halides is 1. The molecular weight excluding hydrogens is 520 g/mol. The van der Waals surface area contributed by atoms with E-state index in [1.54, 1.807) is 29.2 Å². The van der Waals surface area contributed by atoms with Crippen molar-refractivity contribution in [3.63, 3.8) is 0 Å². The molecule has 1 unspecified atom stereocenters. The van der Waals surface area contributed by atoms with Gasteiger partial charge < -0.3 is 25.3 Å². The van der Waals surface area contributed by atoms with Crippen LogP contribution in [0, 0.1) is 0 Å². The number of imidazole rings is 1. The molecule has 3 heterocycles. The predicted molar refractivity (Wildman–Crippen MR) is 142 cm³/mol. The lowest BCUT2D eigenvalue weighted by atomic mass is 10.2. The van der Waals surface area contributed by atoms with E-state index >= 15 is 0 Å². The molecule has 3 N–H and O–H groups in total. The summed E-state index contributed by atoms with van der Waals surface area (Å²) in [6.07, 6.45) is 3.22. The second kappa shape index (κ2) is 11.1. The normalized spacial score (nSPS) is 15.1. The molecule has 2 aromatic carbocycles. The van der Waals surface area contributed by atoms with Gasteiger partial charge in [-0.15, -0.1) is 0 Å². The first-order valence-corrected chi connectivity index (χ1v) is 12.4. The number of rotatable bonds is 9. The van der Waals surface area contributed by atoms with Crippen LogP contribution in [0.2, 0.25) is 5.02 Å². The number of aryl methyl sites for hydroxylation is 1. The second-order valence-corrected chi connectivity index (χ2v) is 9.25. The monoisotopic (exact) mass is 543 g/mol. The van der Waals surface area contributed by atoms with E-state index in [2.05, 4.69) is 25.9 Å². The Labute approximate surface area is 221 Å². The lowest BCUT2D eigenvalue weighted by Crippen LogP contribution is -2.43. The zero-order valence-corrected chi connectivity index (χ0v) is 21.1. The molecule has 0 fully saturated rings. The van der Waals surface area contributed by atoms with Crippen molar-refractivity contribution in [2.45, 2.75) is 25.7 Å². The molecule has 9 nitrogen and oxygen atoms in total. The van der Waals surface area contributed by atoms with E-state index in [-0.39, 0.29) is 12.6 Å². The number of benzene rings is 2. The fourth-order valence-corrected chi connectivity index (χ4v) is 4.23. The van der Waals surface area contributed by atoms with E-state index in [0.717, 1.165) is 5.56 Å². The lowest BCUT2D eigenvalue weighted by Gasteiger charge is -2.24. The van der Waals surface area contributed by atoms with Gasteiger partial charge in [-0.25, -0.2) is 4.98 Å². The Balaban J connectivity index is 1.44. The third kappa shape index (κ3) is 5.81. The standard InChI is InChI=1S/C25H24Cl2FN7O2/c26-17-4-2-16(3-5-17)14-35-23-22(34(15-31-23)11-1-10-28)24(36)33-25(35)32-18-6-8-19(9-7-18)37-21-13-29-20(27)12-30-21/h2-9,12,15,21,29-30H,1,10-11,13-14H2,(H,32,33,36). The number of hydrogen-bond donors (Lipinski definition) is 3. The highest BCUT2D eigenvalue weighted by Gasteiger charge is 2.17. The van der Waals surface area contributed by atoms with Gasteiger partial charge in [-0.2, -0.15) is 4.98 Å². The molecule has 2 aromatic heterocycles. The van der Waals surface area contributed by atoms with Crippen molar-refractivity contribution in [3.05, 3.63) is 87.2 Å². The van der Waals surface area contributed by atoms with Crippen molar-refractivity contribution in [3.8, 4) is 5.75 Å². The van der Waals surface area contributed by atoms with Crippen LogP contribution < -0.4 is 26.2 Å². The van der Waals surface area contributed by atoms with Gasteiger partial charge in [0.2, 0.25) is 5.95 Å². The lowest BCUT2D eigenvalue weighted by molar-refractivity contribution is 0.175. The van der Waals surface area contributed by atoms with Crippen molar-refractivity contribution < 1.29 is 9.13 Å². The smallest absolute Gasteiger partial charge is 0.300 e. The summed E-state index contributed by atoms with van der Waals surface area (Å²) in [7, 11) is 0. The van der Waals surface area contributed by atoms with Crippen molar-refractivity contribution in [1.29, 1.82) is 0 Å². The number of ether oxygens (including phenoxy) is 1. The number of nitrogens with one attached hydrogen (secondary N) is 3. The first-order chi connectivity index (χ1) is 18.0. The Bertz CT molecular complexity index is 1470. The van der Waals surface area contributed by atoms with Crippen molar-refractivity contribution in [2.24, 2.45) is 0 Å². The number of fused-ring (bicyclic) bond motifs is 1. The van der Waals surface area contributed by atoms with E-state index in [1.807, 2.05) is 41.0 Å². The van der Waals surface area contributed by atoms with Crippen LogP contribution in [0.4, 0.5) is 16.0 Å². The van der Waals surface area contributed by atoms with Gasteiger partial charge in [0.25, 0.3) is 0 Å².